The average molecular weight is 305 g/mol. The van der Waals surface area contributed by atoms with Crippen LogP contribution in [-0.2, 0) is 0 Å². The van der Waals surface area contributed by atoms with E-state index in [1.165, 1.54) is 17.8 Å². The summed E-state index contributed by atoms with van der Waals surface area (Å²) in [6, 6.07) is 1.94. The number of carbonyl (C=O) groups is 1. The lowest BCUT2D eigenvalue weighted by molar-refractivity contribution is 0.0779. The van der Waals surface area contributed by atoms with Crippen LogP contribution >= 0.6 is 11.3 Å². The van der Waals surface area contributed by atoms with E-state index in [-0.39, 0.29) is 5.91 Å². The topological polar surface area (TPSA) is 49.6 Å². The number of amides is 1. The molecule has 0 aliphatic carbocycles. The molecule has 1 amide bonds. The van der Waals surface area contributed by atoms with Crippen LogP contribution < -0.4 is 5.73 Å². The van der Waals surface area contributed by atoms with Crippen molar-refractivity contribution in [1.82, 2.24) is 9.80 Å². The number of nitrogens with zero attached hydrogens (tertiary/aromatic N) is 2. The van der Waals surface area contributed by atoms with Crippen molar-refractivity contribution in [3.05, 3.63) is 21.4 Å². The van der Waals surface area contributed by atoms with Crippen molar-refractivity contribution < 1.29 is 4.79 Å². The van der Waals surface area contributed by atoms with Gasteiger partial charge in [-0.1, -0.05) is 11.8 Å². The highest BCUT2D eigenvalue weighted by molar-refractivity contribution is 7.14. The van der Waals surface area contributed by atoms with Crippen LogP contribution in [0, 0.1) is 24.7 Å². The van der Waals surface area contributed by atoms with Crippen molar-refractivity contribution in [1.29, 1.82) is 0 Å². The van der Waals surface area contributed by atoms with Crippen molar-refractivity contribution >= 4 is 17.2 Å². The van der Waals surface area contributed by atoms with Gasteiger partial charge < -0.3 is 15.5 Å². The van der Waals surface area contributed by atoms with Gasteiger partial charge in [-0.25, -0.2) is 0 Å². The molecule has 1 aliphatic rings. The fourth-order valence-corrected chi connectivity index (χ4v) is 3.72. The van der Waals surface area contributed by atoms with Gasteiger partial charge in [-0.15, -0.1) is 11.3 Å². The summed E-state index contributed by atoms with van der Waals surface area (Å²) in [6.45, 7) is 5.36. The van der Waals surface area contributed by atoms with Gasteiger partial charge in [0.2, 0.25) is 0 Å². The largest absolute Gasteiger partial charge is 0.341 e. The SMILES string of the molecule is Cc1cc(C(=O)N(C)CC2CCN(C)C2)sc1C#CCN. The van der Waals surface area contributed by atoms with Crippen LogP contribution in [0.25, 0.3) is 0 Å². The third kappa shape index (κ3) is 4.07. The number of hydrogen-bond acceptors (Lipinski definition) is 4. The third-order valence-corrected chi connectivity index (χ3v) is 4.94. The lowest BCUT2D eigenvalue weighted by atomic mass is 10.1. The number of aryl methyl sites for hydroxylation is 1. The van der Waals surface area contributed by atoms with Crippen molar-refractivity contribution in [2.45, 2.75) is 13.3 Å². The molecule has 2 rings (SSSR count). The van der Waals surface area contributed by atoms with Crippen LogP contribution in [0.4, 0.5) is 0 Å². The molecule has 1 saturated heterocycles. The van der Waals surface area contributed by atoms with Gasteiger partial charge in [-0.2, -0.15) is 0 Å². The van der Waals surface area contributed by atoms with Crippen molar-refractivity contribution in [3.63, 3.8) is 0 Å². The Kier molecular flexibility index (Phi) is 5.40. The molecular weight excluding hydrogens is 282 g/mol. The van der Waals surface area contributed by atoms with E-state index in [0.717, 1.165) is 35.0 Å². The molecule has 21 heavy (non-hydrogen) atoms. The van der Waals surface area contributed by atoms with Crippen LogP contribution in [0.15, 0.2) is 6.07 Å². The second kappa shape index (κ2) is 7.08. The van der Waals surface area contributed by atoms with Gasteiger partial charge in [0, 0.05) is 20.1 Å². The highest BCUT2D eigenvalue weighted by atomic mass is 32.1. The molecule has 0 bridgehead atoms. The maximum Gasteiger partial charge on any atom is 0.263 e. The summed E-state index contributed by atoms with van der Waals surface area (Å²) >= 11 is 1.46. The fraction of sp³-hybridized carbons (Fsp3) is 0.562. The second-order valence-corrected chi connectivity index (χ2v) is 6.78. The van der Waals surface area contributed by atoms with Crippen molar-refractivity contribution in [2.24, 2.45) is 11.7 Å². The molecule has 0 radical (unpaired) electrons. The first-order chi connectivity index (χ1) is 10.0. The quantitative estimate of drug-likeness (QED) is 0.859. The van der Waals surface area contributed by atoms with E-state index >= 15 is 0 Å². The minimum atomic E-state index is 0.0958. The van der Waals surface area contributed by atoms with E-state index in [1.807, 2.05) is 24.9 Å². The van der Waals surface area contributed by atoms with Gasteiger partial charge in [0.25, 0.3) is 5.91 Å². The lowest BCUT2D eigenvalue weighted by Crippen LogP contribution is -2.32. The zero-order valence-electron chi connectivity index (χ0n) is 13.0. The Labute approximate surface area is 130 Å². The molecule has 1 fully saturated rings. The normalized spacial score (nSPS) is 18.4. The maximum atomic E-state index is 12.5. The Morgan fingerprint density at radius 1 is 1.62 bits per heavy atom. The minimum absolute atomic E-state index is 0.0958. The number of hydrogen-bond donors (Lipinski definition) is 1. The minimum Gasteiger partial charge on any atom is -0.341 e. The van der Waals surface area contributed by atoms with E-state index < -0.39 is 0 Å². The first kappa shape index (κ1) is 16.0. The van der Waals surface area contributed by atoms with Crippen LogP contribution in [0.3, 0.4) is 0 Å². The summed E-state index contributed by atoms with van der Waals surface area (Å²) in [6.07, 6.45) is 1.17. The van der Waals surface area contributed by atoms with E-state index in [4.69, 9.17) is 5.73 Å². The third-order valence-electron chi connectivity index (χ3n) is 3.80. The molecule has 5 heteroatoms. The lowest BCUT2D eigenvalue weighted by Gasteiger charge is -2.20. The molecule has 0 aromatic carbocycles. The summed E-state index contributed by atoms with van der Waals surface area (Å²) in [7, 11) is 4.02. The zero-order valence-corrected chi connectivity index (χ0v) is 13.8. The molecule has 1 unspecified atom stereocenters. The van der Waals surface area contributed by atoms with E-state index in [2.05, 4.69) is 23.8 Å². The molecule has 114 valence electrons. The molecule has 0 spiro atoms. The Morgan fingerprint density at radius 3 is 3.00 bits per heavy atom. The first-order valence-electron chi connectivity index (χ1n) is 7.24. The Morgan fingerprint density at radius 2 is 2.38 bits per heavy atom. The number of thiophene rings is 1. The molecule has 1 atom stereocenters. The van der Waals surface area contributed by atoms with E-state index in [1.54, 1.807) is 0 Å². The number of likely N-dealkylation sites (tertiary alicyclic amines) is 1. The molecule has 2 heterocycles. The van der Waals surface area contributed by atoms with Crippen molar-refractivity contribution in [2.75, 3.05) is 40.3 Å². The van der Waals surface area contributed by atoms with Gasteiger partial charge in [0.1, 0.15) is 0 Å². The average Bonchev–Trinajstić information content (AvgIpc) is 3.02. The van der Waals surface area contributed by atoms with Crippen LogP contribution in [-0.4, -0.2) is 56.0 Å². The summed E-state index contributed by atoms with van der Waals surface area (Å²) in [5.74, 6) is 6.56. The molecule has 0 saturated carbocycles. The number of rotatable bonds is 3. The predicted molar refractivity (Wildman–Crippen MR) is 87.6 cm³/mol. The summed E-state index contributed by atoms with van der Waals surface area (Å²) in [5, 5.41) is 0. The molecule has 1 aliphatic heterocycles. The van der Waals surface area contributed by atoms with Crippen molar-refractivity contribution in [3.8, 4) is 11.8 Å². The summed E-state index contributed by atoms with van der Waals surface area (Å²) < 4.78 is 0. The van der Waals surface area contributed by atoms with Crippen LogP contribution in [0.2, 0.25) is 0 Å². The molecular formula is C16H23N3OS. The predicted octanol–water partition coefficient (Wildman–Crippen LogP) is 1.39. The monoisotopic (exact) mass is 305 g/mol. The highest BCUT2D eigenvalue weighted by Crippen LogP contribution is 2.23. The van der Waals surface area contributed by atoms with Gasteiger partial charge in [0.05, 0.1) is 16.3 Å². The van der Waals surface area contributed by atoms with Gasteiger partial charge >= 0.3 is 0 Å². The zero-order chi connectivity index (χ0) is 15.4. The maximum absolute atomic E-state index is 12.5. The number of carbonyl (C=O) groups excluding carboxylic acids is 1. The molecule has 2 N–H and O–H groups in total. The summed E-state index contributed by atoms with van der Waals surface area (Å²) in [4.78, 5) is 18.4. The Hall–Kier alpha value is -1.35. The smallest absolute Gasteiger partial charge is 0.263 e. The van der Waals surface area contributed by atoms with Gasteiger partial charge in [0.15, 0.2) is 0 Å². The first-order valence-corrected chi connectivity index (χ1v) is 8.06. The Balaban J connectivity index is 2.02. The standard InChI is InChI=1S/C16H23N3OS/c1-12-9-15(21-14(12)5-4-7-17)16(20)19(3)11-13-6-8-18(2)10-13/h9,13H,6-8,10-11,17H2,1-3H3. The molecule has 1 aromatic heterocycles. The van der Waals surface area contributed by atoms with Gasteiger partial charge in [-0.05, 0) is 44.5 Å². The highest BCUT2D eigenvalue weighted by Gasteiger charge is 2.24. The Bertz CT molecular complexity index is 570. The van der Waals surface area contributed by atoms with Crippen LogP contribution in [0.1, 0.15) is 26.5 Å². The van der Waals surface area contributed by atoms with E-state index in [0.29, 0.717) is 12.5 Å². The number of nitrogens with two attached hydrogens (primary N) is 1. The van der Waals surface area contributed by atoms with Crippen LogP contribution in [0.5, 0.6) is 0 Å². The van der Waals surface area contributed by atoms with Gasteiger partial charge in [-0.3, -0.25) is 4.79 Å². The summed E-state index contributed by atoms with van der Waals surface area (Å²) in [5.41, 5.74) is 6.45. The molecule has 4 nitrogen and oxygen atoms in total. The fourth-order valence-electron chi connectivity index (χ4n) is 2.68. The molecule has 1 aromatic rings. The van der Waals surface area contributed by atoms with E-state index in [9.17, 15) is 4.79 Å². The second-order valence-electron chi connectivity index (χ2n) is 5.73.